The Hall–Kier alpha value is -2.78. The van der Waals surface area contributed by atoms with Gasteiger partial charge in [0, 0.05) is 19.3 Å². The van der Waals surface area contributed by atoms with Crippen molar-refractivity contribution in [2.45, 2.75) is 19.2 Å². The summed E-state index contributed by atoms with van der Waals surface area (Å²) in [4.78, 5) is 20.8. The topological polar surface area (TPSA) is 91.8 Å². The van der Waals surface area contributed by atoms with Crippen molar-refractivity contribution in [3.05, 3.63) is 47.7 Å². The van der Waals surface area contributed by atoms with Gasteiger partial charge in [0.05, 0.1) is 30.7 Å². The summed E-state index contributed by atoms with van der Waals surface area (Å²) in [6.45, 7) is 2.10. The van der Waals surface area contributed by atoms with Gasteiger partial charge in [0.15, 0.2) is 11.3 Å². The second-order valence-electron chi connectivity index (χ2n) is 6.73. The maximum absolute atomic E-state index is 12.9. The number of aromatic nitrogens is 5. The summed E-state index contributed by atoms with van der Waals surface area (Å²) in [6, 6.07) is 5.48. The van der Waals surface area contributed by atoms with Gasteiger partial charge in [0.25, 0.3) is 5.91 Å². The van der Waals surface area contributed by atoms with Crippen molar-refractivity contribution in [1.82, 2.24) is 34.2 Å². The highest BCUT2D eigenvalue weighted by Crippen LogP contribution is 2.20. The number of carbonyl (C=O) groups excluding carboxylic acids is 1. The first-order valence-electron chi connectivity index (χ1n) is 8.50. The van der Waals surface area contributed by atoms with Crippen molar-refractivity contribution in [2.24, 2.45) is 0 Å². The van der Waals surface area contributed by atoms with Gasteiger partial charge in [-0.1, -0.05) is 0 Å². The van der Waals surface area contributed by atoms with Crippen molar-refractivity contribution in [3.63, 3.8) is 0 Å². The number of imidazole rings is 1. The second-order valence-corrected chi connectivity index (χ2v) is 6.73. The Morgan fingerprint density at radius 1 is 1.38 bits per heavy atom. The van der Waals surface area contributed by atoms with E-state index >= 15 is 0 Å². The van der Waals surface area contributed by atoms with Crippen molar-refractivity contribution in [2.75, 3.05) is 27.2 Å². The molecule has 9 nitrogen and oxygen atoms in total. The van der Waals surface area contributed by atoms with Gasteiger partial charge in [0.1, 0.15) is 6.10 Å². The quantitative estimate of drug-likeness (QED) is 0.718. The third-order valence-electron chi connectivity index (χ3n) is 4.48. The van der Waals surface area contributed by atoms with Crippen LogP contribution in [0.1, 0.15) is 28.0 Å². The molecule has 0 aromatic carbocycles. The molecule has 26 heavy (non-hydrogen) atoms. The third-order valence-corrected chi connectivity index (χ3v) is 4.48. The first-order chi connectivity index (χ1) is 12.5. The molecule has 4 rings (SSSR count). The Balaban J connectivity index is 1.55. The normalized spacial score (nSPS) is 15.5. The summed E-state index contributed by atoms with van der Waals surface area (Å²) in [5.41, 5.74) is 2.65. The van der Waals surface area contributed by atoms with E-state index in [1.54, 1.807) is 27.9 Å². The Bertz CT molecular complexity index is 946. The lowest BCUT2D eigenvalue weighted by Crippen LogP contribution is -2.39. The van der Waals surface area contributed by atoms with Crippen LogP contribution in [0.25, 0.3) is 5.65 Å². The number of carbonyl (C=O) groups is 1. The first-order valence-corrected chi connectivity index (χ1v) is 8.50. The van der Waals surface area contributed by atoms with Gasteiger partial charge in [0.2, 0.25) is 0 Å². The summed E-state index contributed by atoms with van der Waals surface area (Å²) >= 11 is 0. The van der Waals surface area contributed by atoms with E-state index in [1.165, 1.54) is 0 Å². The van der Waals surface area contributed by atoms with E-state index in [0.29, 0.717) is 43.2 Å². The Kier molecular flexibility index (Phi) is 4.17. The van der Waals surface area contributed by atoms with Crippen molar-refractivity contribution >= 4 is 11.6 Å². The summed E-state index contributed by atoms with van der Waals surface area (Å²) in [7, 11) is 3.81. The van der Waals surface area contributed by atoms with E-state index in [9.17, 15) is 9.90 Å². The Morgan fingerprint density at radius 2 is 2.23 bits per heavy atom. The van der Waals surface area contributed by atoms with Gasteiger partial charge < -0.3 is 14.9 Å². The molecule has 0 saturated heterocycles. The summed E-state index contributed by atoms with van der Waals surface area (Å²) in [6.07, 6.45) is 2.55. The maximum Gasteiger partial charge on any atom is 0.274 e. The average Bonchev–Trinajstić information content (AvgIpc) is 3.24. The minimum absolute atomic E-state index is 0.112. The summed E-state index contributed by atoms with van der Waals surface area (Å²) in [5.74, 6) is -0.112. The number of likely N-dealkylation sites (N-methyl/N-ethyl adjacent to an activating group) is 1. The fraction of sp³-hybridized carbons (Fsp3) is 0.412. The van der Waals surface area contributed by atoms with E-state index in [2.05, 4.69) is 15.2 Å². The van der Waals surface area contributed by atoms with Crippen molar-refractivity contribution < 1.29 is 9.90 Å². The summed E-state index contributed by atoms with van der Waals surface area (Å²) in [5, 5.41) is 19.0. The molecule has 0 bridgehead atoms. The van der Waals surface area contributed by atoms with Crippen LogP contribution in [-0.2, 0) is 13.1 Å². The van der Waals surface area contributed by atoms with Gasteiger partial charge in [-0.2, -0.15) is 10.2 Å². The van der Waals surface area contributed by atoms with Gasteiger partial charge in [-0.05, 0) is 32.3 Å². The van der Waals surface area contributed by atoms with Crippen molar-refractivity contribution in [3.8, 4) is 0 Å². The number of aliphatic hydroxyl groups excluding tert-OH is 1. The molecule has 136 valence electrons. The molecule has 0 aliphatic carbocycles. The molecule has 1 amide bonds. The van der Waals surface area contributed by atoms with E-state index < -0.39 is 6.10 Å². The van der Waals surface area contributed by atoms with E-state index in [1.807, 2.05) is 35.8 Å². The number of hydrogen-bond acceptors (Lipinski definition) is 6. The highest BCUT2D eigenvalue weighted by molar-refractivity contribution is 5.93. The largest absolute Gasteiger partial charge is 0.385 e. The third kappa shape index (κ3) is 2.95. The van der Waals surface area contributed by atoms with Gasteiger partial charge in [-0.25, -0.2) is 9.50 Å². The first kappa shape index (κ1) is 16.7. The predicted octanol–water partition coefficient (Wildman–Crippen LogP) is 0.177. The zero-order valence-corrected chi connectivity index (χ0v) is 14.8. The molecule has 1 atom stereocenters. The van der Waals surface area contributed by atoms with Gasteiger partial charge in [-0.3, -0.25) is 9.48 Å². The maximum atomic E-state index is 12.9. The molecule has 0 fully saturated rings. The molecule has 0 saturated carbocycles. The molecule has 1 aliphatic rings. The van der Waals surface area contributed by atoms with Crippen LogP contribution in [0.4, 0.5) is 0 Å². The predicted molar refractivity (Wildman–Crippen MR) is 93.5 cm³/mol. The average molecular weight is 355 g/mol. The number of hydrogen-bond donors (Lipinski definition) is 1. The monoisotopic (exact) mass is 355 g/mol. The molecule has 3 aromatic heterocycles. The lowest BCUT2D eigenvalue weighted by molar-refractivity contribution is 0.0697. The molecule has 1 aliphatic heterocycles. The van der Waals surface area contributed by atoms with E-state index in [4.69, 9.17) is 0 Å². The Morgan fingerprint density at radius 3 is 3.04 bits per heavy atom. The number of aliphatic hydroxyl groups is 1. The van der Waals surface area contributed by atoms with Crippen LogP contribution in [0.2, 0.25) is 0 Å². The Labute approximate surface area is 150 Å². The van der Waals surface area contributed by atoms with E-state index in [0.717, 1.165) is 5.69 Å². The molecule has 0 unspecified atom stereocenters. The minimum Gasteiger partial charge on any atom is -0.385 e. The molecule has 3 aromatic rings. The highest BCUT2D eigenvalue weighted by Gasteiger charge is 2.26. The van der Waals surface area contributed by atoms with Gasteiger partial charge >= 0.3 is 0 Å². The second kappa shape index (κ2) is 6.50. The van der Waals surface area contributed by atoms with E-state index in [-0.39, 0.29) is 5.91 Å². The highest BCUT2D eigenvalue weighted by atomic mass is 16.3. The fourth-order valence-electron chi connectivity index (χ4n) is 3.20. The lowest BCUT2D eigenvalue weighted by Gasteiger charge is -2.27. The number of rotatable bonds is 4. The van der Waals surface area contributed by atoms with Crippen LogP contribution in [-0.4, -0.2) is 72.4 Å². The summed E-state index contributed by atoms with van der Waals surface area (Å²) < 4.78 is 3.42. The standard InChI is InChI=1S/C17H21N7O2/c1-21(2)11-15(25)13-8-12-10-22(6-7-23(12)20-13)17(26)14-9-18-16-4-3-5-19-24(14)16/h3-5,8-9,15,25H,6-7,10-11H2,1-2H3/t15-/m1/s1. The molecular formula is C17H21N7O2. The van der Waals surface area contributed by atoms with Crippen LogP contribution in [0, 0.1) is 0 Å². The lowest BCUT2D eigenvalue weighted by atomic mass is 10.2. The van der Waals surface area contributed by atoms with Crippen LogP contribution in [0.3, 0.4) is 0 Å². The SMILES string of the molecule is CN(C)C[C@@H](O)c1cc2n(n1)CCN(C(=O)c1cnc3cccnn13)C2. The van der Waals surface area contributed by atoms with Crippen molar-refractivity contribution in [1.29, 1.82) is 0 Å². The molecule has 9 heteroatoms. The number of fused-ring (bicyclic) bond motifs is 2. The zero-order chi connectivity index (χ0) is 18.3. The van der Waals surface area contributed by atoms with Crippen LogP contribution >= 0.6 is 0 Å². The zero-order valence-electron chi connectivity index (χ0n) is 14.8. The number of amides is 1. The van der Waals surface area contributed by atoms with Crippen LogP contribution in [0.15, 0.2) is 30.6 Å². The minimum atomic E-state index is -0.643. The molecule has 0 spiro atoms. The molecular weight excluding hydrogens is 334 g/mol. The van der Waals surface area contributed by atoms with Crippen LogP contribution < -0.4 is 0 Å². The number of nitrogens with zero attached hydrogens (tertiary/aromatic N) is 7. The molecule has 0 radical (unpaired) electrons. The fourth-order valence-corrected chi connectivity index (χ4v) is 3.20. The smallest absolute Gasteiger partial charge is 0.274 e. The molecule has 4 heterocycles. The molecule has 1 N–H and O–H groups in total. The van der Waals surface area contributed by atoms with Crippen LogP contribution in [0.5, 0.6) is 0 Å². The van der Waals surface area contributed by atoms with Gasteiger partial charge in [-0.15, -0.1) is 0 Å².